The number of likely N-dealkylation sites (N-methyl/N-ethyl adjacent to an activating group) is 1. The molecule has 136 valence electrons. The van der Waals surface area contributed by atoms with Crippen molar-refractivity contribution in [2.45, 2.75) is 17.9 Å². The predicted octanol–water partition coefficient (Wildman–Crippen LogP) is 3.11. The number of hydrogen-bond acceptors (Lipinski definition) is 3. The first-order chi connectivity index (χ1) is 12.3. The maximum atomic E-state index is 13.3. The van der Waals surface area contributed by atoms with Gasteiger partial charge >= 0.3 is 0 Å². The molecule has 2 heterocycles. The number of rotatable bonds is 3. The second-order valence-electron chi connectivity index (χ2n) is 6.77. The fourth-order valence-corrected chi connectivity index (χ4v) is 4.70. The SMILES string of the molecule is CN1CCc2c(c3cc(S(=O)(=O)Nc4cccc(F)c4)ccc3n2C)C1. The Bertz CT molecular complexity index is 1110. The van der Waals surface area contributed by atoms with Gasteiger partial charge in [0.2, 0.25) is 0 Å². The molecule has 0 bridgehead atoms. The van der Waals surface area contributed by atoms with E-state index in [0.29, 0.717) is 0 Å². The molecule has 0 unspecified atom stereocenters. The van der Waals surface area contributed by atoms with E-state index >= 15 is 0 Å². The van der Waals surface area contributed by atoms with Crippen molar-refractivity contribution in [2.75, 3.05) is 18.3 Å². The van der Waals surface area contributed by atoms with Crippen molar-refractivity contribution in [3.8, 4) is 0 Å². The zero-order valence-electron chi connectivity index (χ0n) is 14.7. The lowest BCUT2D eigenvalue weighted by atomic mass is 10.1. The standard InChI is InChI=1S/C19H20FN3O2S/c1-22-9-8-19-17(12-22)16-11-15(6-7-18(16)23(19)2)26(24,25)21-14-5-3-4-13(20)10-14/h3-7,10-11,21H,8-9,12H2,1-2H3. The average molecular weight is 373 g/mol. The Morgan fingerprint density at radius 1 is 1.12 bits per heavy atom. The van der Waals surface area contributed by atoms with Gasteiger partial charge in [0.15, 0.2) is 0 Å². The molecule has 1 aromatic heterocycles. The van der Waals surface area contributed by atoms with Crippen LogP contribution in [0.15, 0.2) is 47.4 Å². The molecule has 0 saturated carbocycles. The fourth-order valence-electron chi connectivity index (χ4n) is 3.63. The number of sulfonamides is 1. The topological polar surface area (TPSA) is 54.3 Å². The summed E-state index contributed by atoms with van der Waals surface area (Å²) in [7, 11) is 0.291. The van der Waals surface area contributed by atoms with E-state index in [0.717, 1.165) is 36.5 Å². The lowest BCUT2D eigenvalue weighted by Gasteiger charge is -2.23. The molecule has 0 fully saturated rings. The third kappa shape index (κ3) is 2.87. The van der Waals surface area contributed by atoms with Crippen LogP contribution in [0.25, 0.3) is 10.9 Å². The summed E-state index contributed by atoms with van der Waals surface area (Å²) >= 11 is 0. The molecule has 4 rings (SSSR count). The van der Waals surface area contributed by atoms with Crippen LogP contribution in [0.3, 0.4) is 0 Å². The molecule has 1 aliphatic rings. The van der Waals surface area contributed by atoms with Gasteiger partial charge in [-0.15, -0.1) is 0 Å². The molecule has 3 aromatic rings. The maximum absolute atomic E-state index is 13.3. The van der Waals surface area contributed by atoms with Gasteiger partial charge in [-0.1, -0.05) is 6.07 Å². The molecule has 26 heavy (non-hydrogen) atoms. The first kappa shape index (κ1) is 17.1. The maximum Gasteiger partial charge on any atom is 0.261 e. The largest absolute Gasteiger partial charge is 0.347 e. The minimum Gasteiger partial charge on any atom is -0.347 e. The van der Waals surface area contributed by atoms with E-state index < -0.39 is 15.8 Å². The number of hydrogen-bond donors (Lipinski definition) is 1. The van der Waals surface area contributed by atoms with Gasteiger partial charge in [0, 0.05) is 43.2 Å². The van der Waals surface area contributed by atoms with E-state index in [1.54, 1.807) is 12.1 Å². The first-order valence-corrected chi connectivity index (χ1v) is 9.90. The van der Waals surface area contributed by atoms with Crippen LogP contribution in [0.1, 0.15) is 11.3 Å². The molecular formula is C19H20FN3O2S. The van der Waals surface area contributed by atoms with Crippen LogP contribution >= 0.6 is 0 Å². The Morgan fingerprint density at radius 2 is 1.92 bits per heavy atom. The fraction of sp³-hybridized carbons (Fsp3) is 0.263. The van der Waals surface area contributed by atoms with Gasteiger partial charge < -0.3 is 9.47 Å². The molecule has 1 aliphatic heterocycles. The highest BCUT2D eigenvalue weighted by Gasteiger charge is 2.23. The molecule has 5 nitrogen and oxygen atoms in total. The monoisotopic (exact) mass is 373 g/mol. The lowest BCUT2D eigenvalue weighted by molar-refractivity contribution is 0.310. The van der Waals surface area contributed by atoms with E-state index in [1.165, 1.54) is 29.5 Å². The molecule has 0 spiro atoms. The zero-order valence-corrected chi connectivity index (χ0v) is 15.5. The normalized spacial score (nSPS) is 15.2. The van der Waals surface area contributed by atoms with E-state index in [9.17, 15) is 12.8 Å². The van der Waals surface area contributed by atoms with Crippen molar-refractivity contribution >= 4 is 26.6 Å². The zero-order chi connectivity index (χ0) is 18.5. The van der Waals surface area contributed by atoms with Crippen LogP contribution in [0, 0.1) is 5.82 Å². The molecule has 0 atom stereocenters. The molecule has 0 radical (unpaired) electrons. The van der Waals surface area contributed by atoms with Gasteiger partial charge in [-0.05, 0) is 49.0 Å². The molecular weight excluding hydrogens is 353 g/mol. The Morgan fingerprint density at radius 3 is 2.69 bits per heavy atom. The van der Waals surface area contributed by atoms with Crippen molar-refractivity contribution in [1.29, 1.82) is 0 Å². The van der Waals surface area contributed by atoms with Gasteiger partial charge in [0.25, 0.3) is 10.0 Å². The minimum absolute atomic E-state index is 0.177. The lowest BCUT2D eigenvalue weighted by Crippen LogP contribution is -2.26. The van der Waals surface area contributed by atoms with Gasteiger partial charge in [0.05, 0.1) is 10.6 Å². The van der Waals surface area contributed by atoms with Gasteiger partial charge in [0.1, 0.15) is 5.82 Å². The van der Waals surface area contributed by atoms with E-state index in [-0.39, 0.29) is 10.6 Å². The number of benzene rings is 2. The second kappa shape index (κ2) is 6.10. The molecule has 2 aromatic carbocycles. The number of fused-ring (bicyclic) bond motifs is 3. The summed E-state index contributed by atoms with van der Waals surface area (Å²) in [5.74, 6) is -0.485. The number of anilines is 1. The van der Waals surface area contributed by atoms with Crippen LogP contribution in [-0.2, 0) is 30.0 Å². The number of aromatic nitrogens is 1. The summed E-state index contributed by atoms with van der Waals surface area (Å²) in [6, 6.07) is 10.6. The van der Waals surface area contributed by atoms with Crippen molar-refractivity contribution in [3.05, 3.63) is 59.5 Å². The highest BCUT2D eigenvalue weighted by Crippen LogP contribution is 2.31. The summed E-state index contributed by atoms with van der Waals surface area (Å²) in [4.78, 5) is 2.41. The smallest absolute Gasteiger partial charge is 0.261 e. The molecule has 0 aliphatic carbocycles. The summed E-state index contributed by atoms with van der Waals surface area (Å²) < 4.78 is 43.4. The summed E-state index contributed by atoms with van der Waals surface area (Å²) in [6.45, 7) is 1.79. The van der Waals surface area contributed by atoms with Crippen molar-refractivity contribution in [2.24, 2.45) is 7.05 Å². The van der Waals surface area contributed by atoms with Crippen molar-refractivity contribution in [1.82, 2.24) is 9.47 Å². The van der Waals surface area contributed by atoms with Crippen LogP contribution in [0.2, 0.25) is 0 Å². The van der Waals surface area contributed by atoms with E-state index in [2.05, 4.69) is 21.2 Å². The van der Waals surface area contributed by atoms with Crippen LogP contribution < -0.4 is 4.72 Å². The number of aryl methyl sites for hydroxylation is 1. The third-order valence-corrected chi connectivity index (χ3v) is 6.33. The quantitative estimate of drug-likeness (QED) is 0.768. The average Bonchev–Trinajstić information content (AvgIpc) is 2.86. The summed E-state index contributed by atoms with van der Waals surface area (Å²) in [6.07, 6.45) is 0.945. The summed E-state index contributed by atoms with van der Waals surface area (Å²) in [5.41, 5.74) is 3.67. The molecule has 7 heteroatoms. The third-order valence-electron chi connectivity index (χ3n) is 4.95. The second-order valence-corrected chi connectivity index (χ2v) is 8.45. The minimum atomic E-state index is -3.79. The van der Waals surface area contributed by atoms with Crippen molar-refractivity contribution < 1.29 is 12.8 Å². The van der Waals surface area contributed by atoms with E-state index in [4.69, 9.17) is 0 Å². The predicted molar refractivity (Wildman–Crippen MR) is 100 cm³/mol. The van der Waals surface area contributed by atoms with Gasteiger partial charge in [-0.2, -0.15) is 0 Å². The van der Waals surface area contributed by atoms with Crippen LogP contribution in [0.5, 0.6) is 0 Å². The summed E-state index contributed by atoms with van der Waals surface area (Å²) in [5, 5.41) is 0.955. The van der Waals surface area contributed by atoms with Gasteiger partial charge in [-0.3, -0.25) is 4.72 Å². The highest BCUT2D eigenvalue weighted by atomic mass is 32.2. The Balaban J connectivity index is 1.78. The molecule has 1 N–H and O–H groups in total. The number of nitrogens with zero attached hydrogens (tertiary/aromatic N) is 2. The highest BCUT2D eigenvalue weighted by molar-refractivity contribution is 7.92. The molecule has 0 amide bonds. The Labute approximate surface area is 152 Å². The van der Waals surface area contributed by atoms with Crippen molar-refractivity contribution in [3.63, 3.8) is 0 Å². The Kier molecular flexibility index (Phi) is 4.00. The van der Waals surface area contributed by atoms with E-state index in [1.807, 2.05) is 13.1 Å². The first-order valence-electron chi connectivity index (χ1n) is 8.42. The number of halogens is 1. The van der Waals surface area contributed by atoms with Gasteiger partial charge in [-0.25, -0.2) is 12.8 Å². The van der Waals surface area contributed by atoms with Crippen LogP contribution in [-0.4, -0.2) is 31.5 Å². The number of nitrogens with one attached hydrogen (secondary N) is 1. The molecule has 0 saturated heterocycles. The van der Waals surface area contributed by atoms with Crippen LogP contribution in [0.4, 0.5) is 10.1 Å². The Hall–Kier alpha value is -2.38.